The molecule has 0 saturated heterocycles. The van der Waals surface area contributed by atoms with Crippen LogP contribution in [0.1, 0.15) is 6.99 Å². The summed E-state index contributed by atoms with van der Waals surface area (Å²) in [7, 11) is 0. The highest BCUT2D eigenvalue weighted by Gasteiger charge is 2.00. The fraction of sp³-hybridized carbons (Fsp3) is 0.300. The number of hydrogen-bond donors (Lipinski definition) is 1. The molecule has 0 unspecified atom stereocenters. The predicted octanol–water partition coefficient (Wildman–Crippen LogP) is 2.47. The number of benzene rings is 1. The van der Waals surface area contributed by atoms with Crippen molar-refractivity contribution >= 4 is 6.09 Å². The van der Waals surface area contributed by atoms with Gasteiger partial charge in [0.2, 0.25) is 0 Å². The van der Waals surface area contributed by atoms with Gasteiger partial charge in [-0.1, -0.05) is 35.4 Å². The first kappa shape index (κ1) is 11.9. The number of nitrogens with zero attached hydrogens (tertiary/aromatic N) is 3. The van der Waals surface area contributed by atoms with E-state index in [1.54, 1.807) is 0 Å². The average molecular weight is 222 g/mol. The summed E-state index contributed by atoms with van der Waals surface area (Å²) >= 11 is 0. The highest BCUT2D eigenvalue weighted by Crippen LogP contribution is 2.00. The van der Waals surface area contributed by atoms with E-state index in [1.165, 1.54) is 0 Å². The molecule has 0 aromatic heterocycles. The van der Waals surface area contributed by atoms with Crippen molar-refractivity contribution < 1.29 is 11.0 Å². The number of ether oxygens (including phenoxy) is 1. The molecule has 0 radical (unpaired) electrons. The first-order valence-corrected chi connectivity index (χ1v) is 4.78. The van der Waals surface area contributed by atoms with E-state index in [4.69, 9.17) is 10.3 Å². The number of rotatable bonds is 5. The molecule has 0 aliphatic heterocycles. The monoisotopic (exact) mass is 222 g/mol. The van der Waals surface area contributed by atoms with Crippen molar-refractivity contribution in [2.75, 3.05) is 13.1 Å². The summed E-state index contributed by atoms with van der Waals surface area (Å²) in [4.78, 5) is 13.7. The van der Waals surface area contributed by atoms with Gasteiger partial charge in [0.1, 0.15) is 6.61 Å². The second-order valence-corrected chi connectivity index (χ2v) is 2.94. The van der Waals surface area contributed by atoms with Gasteiger partial charge < -0.3 is 10.1 Å². The Morgan fingerprint density at radius 2 is 2.25 bits per heavy atom. The van der Waals surface area contributed by atoms with Crippen LogP contribution in [0.15, 0.2) is 35.4 Å². The zero-order valence-electron chi connectivity index (χ0n) is 8.67. The van der Waals surface area contributed by atoms with Gasteiger partial charge >= 0.3 is 6.09 Å². The van der Waals surface area contributed by atoms with Crippen molar-refractivity contribution in [1.29, 1.82) is 0 Å². The Morgan fingerprint density at radius 1 is 1.50 bits per heavy atom. The van der Waals surface area contributed by atoms with Gasteiger partial charge in [0.05, 0.1) is 0 Å². The Balaban J connectivity index is 0.00000256. The second-order valence-electron chi connectivity index (χ2n) is 2.94. The predicted molar refractivity (Wildman–Crippen MR) is 60.8 cm³/mol. The van der Waals surface area contributed by atoms with Crippen LogP contribution in [0.2, 0.25) is 0 Å². The fourth-order valence-electron chi connectivity index (χ4n) is 1.03. The molecule has 1 amide bonds. The molecule has 6 nitrogen and oxygen atoms in total. The smallest absolute Gasteiger partial charge is 0.407 e. The number of nitrogens with one attached hydrogen (secondary N) is 1. The Labute approximate surface area is 94.3 Å². The van der Waals surface area contributed by atoms with Gasteiger partial charge in [-0.15, -0.1) is 0 Å². The third-order valence-electron chi connectivity index (χ3n) is 1.76. The largest absolute Gasteiger partial charge is 0.445 e. The van der Waals surface area contributed by atoms with E-state index in [2.05, 4.69) is 15.3 Å². The van der Waals surface area contributed by atoms with Gasteiger partial charge in [-0.2, -0.15) is 0 Å². The molecule has 1 aromatic rings. The molecule has 0 aliphatic carbocycles. The third kappa shape index (κ3) is 4.88. The molecule has 0 fully saturated rings. The Bertz CT molecular complexity index is 379. The van der Waals surface area contributed by atoms with Gasteiger partial charge in [0.15, 0.2) is 0 Å². The maximum atomic E-state index is 11.1. The Kier molecular flexibility index (Phi) is 5.30. The van der Waals surface area contributed by atoms with E-state index in [9.17, 15) is 4.79 Å². The van der Waals surface area contributed by atoms with Crippen LogP contribution in [0.25, 0.3) is 10.4 Å². The van der Waals surface area contributed by atoms with Crippen molar-refractivity contribution in [2.24, 2.45) is 5.11 Å². The average Bonchev–Trinajstić information content (AvgIpc) is 2.33. The highest BCUT2D eigenvalue weighted by atomic mass is 16.5. The topological polar surface area (TPSA) is 87.1 Å². The van der Waals surface area contributed by atoms with Crippen molar-refractivity contribution in [2.45, 2.75) is 6.61 Å². The molecule has 0 aliphatic rings. The number of azide groups is 1. The molecule has 1 rings (SSSR count). The summed E-state index contributed by atoms with van der Waals surface area (Å²) in [6.07, 6.45) is -0.517. The van der Waals surface area contributed by atoms with Crippen LogP contribution < -0.4 is 5.32 Å². The lowest BCUT2D eigenvalue weighted by molar-refractivity contribution is 0.140. The molecule has 0 spiro atoms. The minimum absolute atomic E-state index is 0. The number of amides is 1. The lowest BCUT2D eigenvalue weighted by Gasteiger charge is -2.05. The number of carbonyl (C=O) groups excluding carboxylic acids is 1. The maximum absolute atomic E-state index is 11.1. The molecule has 1 N–H and O–H groups in total. The fourth-order valence-corrected chi connectivity index (χ4v) is 1.03. The zero-order chi connectivity index (χ0) is 11.6. The van der Waals surface area contributed by atoms with E-state index in [0.29, 0.717) is 0 Å². The molecule has 0 bridgehead atoms. The molecule has 0 saturated carbocycles. The van der Waals surface area contributed by atoms with E-state index in [0.717, 1.165) is 5.56 Å². The summed E-state index contributed by atoms with van der Waals surface area (Å²) in [5.74, 6) is 0. The highest BCUT2D eigenvalue weighted by molar-refractivity contribution is 5.67. The van der Waals surface area contributed by atoms with Gasteiger partial charge in [0.25, 0.3) is 0 Å². The number of carbonyl (C=O) groups is 1. The van der Waals surface area contributed by atoms with Crippen LogP contribution in [0.5, 0.6) is 0 Å². The van der Waals surface area contributed by atoms with Crippen LogP contribution >= 0.6 is 0 Å². The summed E-state index contributed by atoms with van der Waals surface area (Å²) in [5, 5.41) is 5.73. The molecule has 86 valence electrons. The van der Waals surface area contributed by atoms with Crippen LogP contribution in [0, 0.1) is 0 Å². The Morgan fingerprint density at radius 3 is 2.94 bits per heavy atom. The molecular formula is C10H14N4O2. The number of hydrogen-bond acceptors (Lipinski definition) is 3. The standard InChI is InChI=1S/C10H12N4O2.H2/c11-14-13-7-6-12-10(15)16-8-9-4-2-1-3-5-9;/h1-5H,6-8H2,(H,12,15);1H. The van der Waals surface area contributed by atoms with Crippen LogP contribution in [-0.2, 0) is 11.3 Å². The summed E-state index contributed by atoms with van der Waals surface area (Å²) < 4.78 is 4.92. The third-order valence-corrected chi connectivity index (χ3v) is 1.76. The zero-order valence-corrected chi connectivity index (χ0v) is 8.67. The molecular weight excluding hydrogens is 208 g/mol. The minimum atomic E-state index is -0.517. The quantitative estimate of drug-likeness (QED) is 0.359. The maximum Gasteiger partial charge on any atom is 0.407 e. The van der Waals surface area contributed by atoms with Crippen molar-refractivity contribution in [3.8, 4) is 0 Å². The van der Waals surface area contributed by atoms with E-state index >= 15 is 0 Å². The van der Waals surface area contributed by atoms with Gasteiger partial charge in [-0.05, 0) is 11.1 Å². The van der Waals surface area contributed by atoms with Crippen molar-refractivity contribution in [1.82, 2.24) is 5.32 Å². The summed E-state index contributed by atoms with van der Waals surface area (Å²) in [6, 6.07) is 9.38. The lowest BCUT2D eigenvalue weighted by atomic mass is 10.2. The molecule has 6 heteroatoms. The van der Waals surface area contributed by atoms with E-state index in [-0.39, 0.29) is 21.1 Å². The normalized spacial score (nSPS) is 9.00. The van der Waals surface area contributed by atoms with Gasteiger partial charge in [0, 0.05) is 19.4 Å². The Hall–Kier alpha value is -2.20. The summed E-state index contributed by atoms with van der Waals surface area (Å²) in [6.45, 7) is 0.725. The lowest BCUT2D eigenvalue weighted by Crippen LogP contribution is -2.26. The summed E-state index contributed by atoms with van der Waals surface area (Å²) in [5.41, 5.74) is 8.92. The van der Waals surface area contributed by atoms with Crippen LogP contribution in [0.3, 0.4) is 0 Å². The molecule has 1 aromatic carbocycles. The molecule has 16 heavy (non-hydrogen) atoms. The van der Waals surface area contributed by atoms with E-state index in [1.807, 2.05) is 30.3 Å². The van der Waals surface area contributed by atoms with Gasteiger partial charge in [-0.3, -0.25) is 0 Å². The van der Waals surface area contributed by atoms with Gasteiger partial charge in [-0.25, -0.2) is 4.79 Å². The SMILES string of the molecule is [HH].[N-]=[N+]=NCCNC(=O)OCc1ccccc1. The minimum Gasteiger partial charge on any atom is -0.445 e. The second kappa shape index (κ2) is 7.14. The molecule has 0 atom stereocenters. The van der Waals surface area contributed by atoms with Crippen molar-refractivity contribution in [3.63, 3.8) is 0 Å². The van der Waals surface area contributed by atoms with Crippen LogP contribution in [0.4, 0.5) is 4.79 Å². The first-order valence-electron chi connectivity index (χ1n) is 4.78. The van der Waals surface area contributed by atoms with Crippen LogP contribution in [-0.4, -0.2) is 19.2 Å². The molecule has 0 heterocycles. The van der Waals surface area contributed by atoms with E-state index < -0.39 is 6.09 Å². The first-order chi connectivity index (χ1) is 7.83. The van der Waals surface area contributed by atoms with Crippen molar-refractivity contribution in [3.05, 3.63) is 46.3 Å². The number of alkyl carbamates (subject to hydrolysis) is 1.